The number of hydrogen-bond donors (Lipinski definition) is 4. The number of halogens is 1. The molecule has 2 unspecified atom stereocenters. The number of benzene rings is 1. The lowest BCUT2D eigenvalue weighted by atomic mass is 9.98. The van der Waals surface area contributed by atoms with Crippen LogP contribution in [0.2, 0.25) is 5.02 Å². The molecule has 1 aromatic heterocycles. The molecular formula is C24H33ClN6O4. The summed E-state index contributed by atoms with van der Waals surface area (Å²) in [6, 6.07) is 4.63. The van der Waals surface area contributed by atoms with Gasteiger partial charge in [0.05, 0.1) is 16.3 Å². The molecule has 4 N–H and O–H groups in total. The molecule has 1 aliphatic carbocycles. The average molecular weight is 505 g/mol. The number of aromatic nitrogens is 3. The van der Waals surface area contributed by atoms with Crippen molar-refractivity contribution in [2.45, 2.75) is 70.7 Å². The topological polar surface area (TPSA) is 130 Å². The monoisotopic (exact) mass is 504 g/mol. The van der Waals surface area contributed by atoms with Crippen molar-refractivity contribution in [1.29, 1.82) is 0 Å². The van der Waals surface area contributed by atoms with Crippen LogP contribution in [0.1, 0.15) is 61.1 Å². The van der Waals surface area contributed by atoms with E-state index in [1.807, 2.05) is 0 Å². The van der Waals surface area contributed by atoms with E-state index in [4.69, 9.17) is 11.6 Å². The Balaban J connectivity index is 1.49. The largest absolute Gasteiger partial charge is 0.373 e. The van der Waals surface area contributed by atoms with Crippen molar-refractivity contribution in [2.24, 2.45) is 5.92 Å². The predicted octanol–water partition coefficient (Wildman–Crippen LogP) is 1.49. The molecule has 1 saturated heterocycles. The number of aliphatic hydroxyl groups excluding tert-OH is 1. The summed E-state index contributed by atoms with van der Waals surface area (Å²) in [5, 5.41) is 23.9. The molecule has 0 spiro atoms. The number of carbonyl (C=O) groups is 2. The molecule has 2 heterocycles. The van der Waals surface area contributed by atoms with Crippen LogP contribution in [0.15, 0.2) is 23.0 Å². The maximum absolute atomic E-state index is 13.0. The van der Waals surface area contributed by atoms with Gasteiger partial charge in [0.2, 0.25) is 5.91 Å². The molecular weight excluding hydrogens is 472 g/mol. The zero-order valence-electron chi connectivity index (χ0n) is 19.9. The average Bonchev–Trinajstić information content (AvgIpc) is 3.31. The summed E-state index contributed by atoms with van der Waals surface area (Å²) in [6.07, 6.45) is 5.99. The number of hydrogen-bond acceptors (Lipinski definition) is 6. The van der Waals surface area contributed by atoms with Crippen molar-refractivity contribution in [3.63, 3.8) is 0 Å². The first kappa shape index (κ1) is 25.4. The first-order chi connectivity index (χ1) is 16.8. The quantitative estimate of drug-likeness (QED) is 0.334. The highest BCUT2D eigenvalue weighted by atomic mass is 35.5. The van der Waals surface area contributed by atoms with Gasteiger partial charge in [-0.2, -0.15) is 9.78 Å². The van der Waals surface area contributed by atoms with Crippen molar-refractivity contribution in [3.05, 3.63) is 45.1 Å². The van der Waals surface area contributed by atoms with Crippen molar-refractivity contribution in [2.75, 3.05) is 13.1 Å². The molecule has 2 fully saturated rings. The lowest BCUT2D eigenvalue weighted by molar-refractivity contribution is -0.122. The molecule has 35 heavy (non-hydrogen) atoms. The molecule has 2 atom stereocenters. The first-order valence-electron chi connectivity index (χ1n) is 12.3. The Morgan fingerprint density at radius 1 is 1.23 bits per heavy atom. The highest BCUT2D eigenvalue weighted by molar-refractivity contribution is 6.33. The Bertz CT molecular complexity index is 1120. The fraction of sp³-hybridized carbons (Fsp3) is 0.583. The smallest absolute Gasteiger partial charge is 0.351 e. The van der Waals surface area contributed by atoms with E-state index in [0.717, 1.165) is 56.2 Å². The molecule has 2 amide bonds. The molecule has 1 saturated carbocycles. The lowest BCUT2D eigenvalue weighted by Crippen LogP contribution is -2.40. The van der Waals surface area contributed by atoms with Crippen LogP contribution in [0, 0.1) is 12.8 Å². The molecule has 1 aliphatic heterocycles. The highest BCUT2D eigenvalue weighted by Crippen LogP contribution is 2.25. The van der Waals surface area contributed by atoms with E-state index in [9.17, 15) is 19.5 Å². The second kappa shape index (κ2) is 11.4. The third-order valence-electron chi connectivity index (χ3n) is 6.84. The summed E-state index contributed by atoms with van der Waals surface area (Å²) >= 11 is 6.29. The Kier molecular flexibility index (Phi) is 8.25. The van der Waals surface area contributed by atoms with E-state index in [0.29, 0.717) is 18.1 Å². The molecule has 1 aromatic carbocycles. The van der Waals surface area contributed by atoms with Gasteiger partial charge in [-0.15, -0.1) is 0 Å². The maximum atomic E-state index is 13.0. The zero-order chi connectivity index (χ0) is 24.9. The molecule has 11 heteroatoms. The van der Waals surface area contributed by atoms with Crippen LogP contribution in [0.3, 0.4) is 0 Å². The molecule has 2 aromatic rings. The van der Waals surface area contributed by atoms with Gasteiger partial charge in [-0.05, 0) is 50.9 Å². The van der Waals surface area contributed by atoms with Crippen LogP contribution in [0.4, 0.5) is 0 Å². The van der Waals surface area contributed by atoms with Crippen molar-refractivity contribution in [1.82, 2.24) is 30.3 Å². The van der Waals surface area contributed by atoms with Gasteiger partial charge >= 0.3 is 5.69 Å². The zero-order valence-corrected chi connectivity index (χ0v) is 20.7. The van der Waals surface area contributed by atoms with Gasteiger partial charge in [-0.3, -0.25) is 14.2 Å². The van der Waals surface area contributed by atoms with Crippen LogP contribution >= 0.6 is 11.6 Å². The van der Waals surface area contributed by atoms with E-state index >= 15 is 0 Å². The summed E-state index contributed by atoms with van der Waals surface area (Å²) in [7, 11) is 0. The standard InChI is InChI=1S/C24H33ClN6O4/c1-15-29-31(24(35)30(15)14-21(32)27-17-10-11-26-13-17)18-8-9-20(25)19(12-18)23(34)28-22(33)16-6-4-2-3-5-7-16/h8-9,12,16-17,22,26,33H,2-7,10-11,13-14H2,1H3,(H,27,32)(H,28,34). The number of carbonyl (C=O) groups excluding carboxylic acids is 2. The number of nitrogens with zero attached hydrogens (tertiary/aromatic N) is 3. The van der Waals surface area contributed by atoms with Crippen molar-refractivity contribution >= 4 is 23.4 Å². The van der Waals surface area contributed by atoms with E-state index in [1.54, 1.807) is 13.0 Å². The highest BCUT2D eigenvalue weighted by Gasteiger charge is 2.24. The Labute approximate surface area is 209 Å². The van der Waals surface area contributed by atoms with Crippen molar-refractivity contribution < 1.29 is 14.7 Å². The van der Waals surface area contributed by atoms with Crippen LogP contribution in [0.5, 0.6) is 0 Å². The van der Waals surface area contributed by atoms with Crippen molar-refractivity contribution in [3.8, 4) is 5.69 Å². The number of amides is 2. The van der Waals surface area contributed by atoms with E-state index in [2.05, 4.69) is 21.0 Å². The Morgan fingerprint density at radius 2 is 1.97 bits per heavy atom. The van der Waals surface area contributed by atoms with Crippen LogP contribution in [-0.2, 0) is 11.3 Å². The second-order valence-electron chi connectivity index (χ2n) is 9.42. The lowest BCUT2D eigenvalue weighted by Gasteiger charge is -2.22. The number of nitrogens with one attached hydrogen (secondary N) is 3. The van der Waals surface area contributed by atoms with Gasteiger partial charge in [0, 0.05) is 18.5 Å². The normalized spacial score (nSPS) is 19.8. The molecule has 0 bridgehead atoms. The van der Waals surface area contributed by atoms with Gasteiger partial charge in [0.25, 0.3) is 5.91 Å². The second-order valence-corrected chi connectivity index (χ2v) is 9.83. The third kappa shape index (κ3) is 6.12. The van der Waals surface area contributed by atoms with Crippen LogP contribution in [0.25, 0.3) is 5.69 Å². The minimum absolute atomic E-state index is 0.00976. The van der Waals surface area contributed by atoms with Gasteiger partial charge in [-0.25, -0.2) is 4.79 Å². The van der Waals surface area contributed by atoms with Gasteiger partial charge in [-0.1, -0.05) is 37.3 Å². The minimum atomic E-state index is -0.960. The molecule has 10 nitrogen and oxygen atoms in total. The van der Waals surface area contributed by atoms with E-state index in [-0.39, 0.29) is 35.0 Å². The summed E-state index contributed by atoms with van der Waals surface area (Å²) in [5.41, 5.74) is -0.00690. The van der Waals surface area contributed by atoms with E-state index < -0.39 is 17.8 Å². The Hall–Kier alpha value is -2.69. The summed E-state index contributed by atoms with van der Waals surface area (Å²) in [6.45, 7) is 3.07. The van der Waals surface area contributed by atoms with Gasteiger partial charge in [0.1, 0.15) is 18.6 Å². The van der Waals surface area contributed by atoms with Crippen LogP contribution < -0.4 is 21.6 Å². The summed E-state index contributed by atoms with van der Waals surface area (Å²) in [5.74, 6) is -0.385. The Morgan fingerprint density at radius 3 is 2.66 bits per heavy atom. The first-order valence-corrected chi connectivity index (χ1v) is 12.7. The van der Waals surface area contributed by atoms with Gasteiger partial charge in [0.15, 0.2) is 0 Å². The molecule has 0 radical (unpaired) electrons. The molecule has 190 valence electrons. The molecule has 4 rings (SSSR count). The fourth-order valence-corrected chi connectivity index (χ4v) is 5.02. The number of rotatable bonds is 7. The summed E-state index contributed by atoms with van der Waals surface area (Å²) < 4.78 is 2.44. The fourth-order valence-electron chi connectivity index (χ4n) is 4.81. The third-order valence-corrected chi connectivity index (χ3v) is 7.17. The van der Waals surface area contributed by atoms with Gasteiger partial charge < -0.3 is 21.1 Å². The maximum Gasteiger partial charge on any atom is 0.351 e. The number of aliphatic hydroxyl groups is 1. The number of aryl methyl sites for hydroxylation is 1. The predicted molar refractivity (Wildman–Crippen MR) is 132 cm³/mol. The van der Waals surface area contributed by atoms with E-state index in [1.165, 1.54) is 16.7 Å². The SMILES string of the molecule is Cc1nn(-c2ccc(Cl)c(C(=O)NC(O)C3CCCCCC3)c2)c(=O)n1CC(=O)NC1CCNC1. The van der Waals surface area contributed by atoms with Crippen LogP contribution in [-0.4, -0.2) is 56.6 Å². The summed E-state index contributed by atoms with van der Waals surface area (Å²) in [4.78, 5) is 38.4. The minimum Gasteiger partial charge on any atom is -0.373 e. The molecule has 2 aliphatic rings.